The van der Waals surface area contributed by atoms with Crippen LogP contribution >= 0.6 is 0 Å². The molecule has 0 aromatic rings. The topological polar surface area (TPSA) is 41.5 Å². The van der Waals surface area contributed by atoms with E-state index in [1.54, 1.807) is 0 Å². The van der Waals surface area contributed by atoms with E-state index in [4.69, 9.17) is 0 Å². The van der Waals surface area contributed by atoms with Gasteiger partial charge in [0.2, 0.25) is 5.91 Å². The first-order chi connectivity index (χ1) is 6.74. The number of rotatable bonds is 5. The highest BCUT2D eigenvalue weighted by atomic mass is 16.1. The fraction of sp³-hybridized carbons (Fsp3) is 0.273. The number of carbonyl (C=O) groups is 1. The number of aliphatic imine (C=N–C) groups is 1. The van der Waals surface area contributed by atoms with E-state index in [9.17, 15) is 4.79 Å². The number of hydrogen-bond donors (Lipinski definition) is 1. The van der Waals surface area contributed by atoms with Gasteiger partial charge in [-0.2, -0.15) is 0 Å². The average Bonchev–Trinajstić information content (AvgIpc) is 2.17. The van der Waals surface area contributed by atoms with Crippen molar-refractivity contribution in [3.05, 3.63) is 37.6 Å². The summed E-state index contributed by atoms with van der Waals surface area (Å²) in [7, 11) is 0. The number of amidine groups is 1. The molecule has 0 rings (SSSR count). The van der Waals surface area contributed by atoms with Crippen molar-refractivity contribution in [2.75, 3.05) is 0 Å². The molecule has 3 heteroatoms. The van der Waals surface area contributed by atoms with Crippen molar-refractivity contribution in [2.45, 2.75) is 19.8 Å². The number of hydrogen-bond acceptors (Lipinski definition) is 2. The Kier molecular flexibility index (Phi) is 7.05. The van der Waals surface area contributed by atoms with Crippen LogP contribution in [0.1, 0.15) is 19.8 Å². The number of nitrogens with zero attached hydrogens (tertiary/aromatic N) is 1. The molecule has 0 atom stereocenters. The summed E-state index contributed by atoms with van der Waals surface area (Å²) in [5.74, 6) is 0.370. The molecule has 0 aliphatic carbocycles. The molecule has 0 heterocycles. The minimum atomic E-state index is -0.0661. The minimum absolute atomic E-state index is 0.0661. The molecule has 0 fully saturated rings. The van der Waals surface area contributed by atoms with Crippen molar-refractivity contribution < 1.29 is 4.79 Å². The summed E-state index contributed by atoms with van der Waals surface area (Å²) in [6, 6.07) is 0. The Morgan fingerprint density at radius 2 is 2.21 bits per heavy atom. The van der Waals surface area contributed by atoms with Crippen LogP contribution in [-0.2, 0) is 4.79 Å². The summed E-state index contributed by atoms with van der Waals surface area (Å²) in [5.41, 5.74) is 0. The zero-order valence-electron chi connectivity index (χ0n) is 8.49. The molecule has 0 saturated carbocycles. The number of allylic oxidation sites excluding steroid dienone is 2. The van der Waals surface area contributed by atoms with Crippen molar-refractivity contribution in [1.82, 2.24) is 5.32 Å². The Morgan fingerprint density at radius 3 is 2.71 bits per heavy atom. The first-order valence-electron chi connectivity index (χ1n) is 4.46. The Bertz CT molecular complexity index is 264. The molecular weight excluding hydrogens is 176 g/mol. The van der Waals surface area contributed by atoms with E-state index < -0.39 is 0 Å². The maximum Gasteiger partial charge on any atom is 0.225 e. The third-order valence-corrected chi connectivity index (χ3v) is 1.46. The molecule has 0 aliphatic rings. The summed E-state index contributed by atoms with van der Waals surface area (Å²) in [6.07, 6.45) is 7.89. The van der Waals surface area contributed by atoms with Gasteiger partial charge >= 0.3 is 0 Å². The molecule has 0 aliphatic heterocycles. The van der Waals surface area contributed by atoms with Gasteiger partial charge in [-0.05, 0) is 19.4 Å². The highest BCUT2D eigenvalue weighted by Gasteiger charge is 2.00. The second-order valence-corrected chi connectivity index (χ2v) is 2.56. The van der Waals surface area contributed by atoms with Crippen LogP contribution < -0.4 is 5.32 Å². The van der Waals surface area contributed by atoms with Crippen LogP contribution in [0.4, 0.5) is 0 Å². The second kappa shape index (κ2) is 7.98. The molecule has 0 spiro atoms. The van der Waals surface area contributed by atoms with E-state index in [-0.39, 0.29) is 5.91 Å². The highest BCUT2D eigenvalue weighted by Crippen LogP contribution is 1.91. The van der Waals surface area contributed by atoms with E-state index in [1.807, 2.05) is 19.1 Å². The molecule has 1 amide bonds. The van der Waals surface area contributed by atoms with E-state index in [0.717, 1.165) is 6.42 Å². The van der Waals surface area contributed by atoms with Crippen molar-refractivity contribution in [3.63, 3.8) is 0 Å². The van der Waals surface area contributed by atoms with E-state index >= 15 is 0 Å². The van der Waals surface area contributed by atoms with Gasteiger partial charge in [-0.15, -0.1) is 0 Å². The van der Waals surface area contributed by atoms with Crippen molar-refractivity contribution >= 4 is 11.7 Å². The zero-order chi connectivity index (χ0) is 10.8. The lowest BCUT2D eigenvalue weighted by Crippen LogP contribution is -2.28. The number of carbonyl (C=O) groups excluding carboxylic acids is 1. The molecule has 1 N–H and O–H groups in total. The van der Waals surface area contributed by atoms with Gasteiger partial charge in [0, 0.05) is 12.6 Å². The van der Waals surface area contributed by atoms with Crippen LogP contribution in [0.3, 0.4) is 0 Å². The summed E-state index contributed by atoms with van der Waals surface area (Å²) in [4.78, 5) is 15.1. The van der Waals surface area contributed by atoms with Gasteiger partial charge in [0.25, 0.3) is 0 Å². The molecule has 76 valence electrons. The molecular formula is C11H16N2O. The summed E-state index contributed by atoms with van der Waals surface area (Å²) in [5, 5.41) is 2.61. The van der Waals surface area contributed by atoms with Gasteiger partial charge in [0.15, 0.2) is 0 Å². The third-order valence-electron chi connectivity index (χ3n) is 1.46. The number of nitrogens with one attached hydrogen (secondary N) is 1. The predicted octanol–water partition coefficient (Wildman–Crippen LogP) is 2.19. The lowest BCUT2D eigenvalue weighted by molar-refractivity contribution is -0.119. The van der Waals surface area contributed by atoms with Gasteiger partial charge < -0.3 is 5.32 Å². The smallest absolute Gasteiger partial charge is 0.225 e. The van der Waals surface area contributed by atoms with Crippen molar-refractivity contribution in [3.8, 4) is 0 Å². The lowest BCUT2D eigenvalue weighted by atomic mass is 10.3. The van der Waals surface area contributed by atoms with E-state index in [2.05, 4.69) is 23.5 Å². The third kappa shape index (κ3) is 5.94. The average molecular weight is 192 g/mol. The van der Waals surface area contributed by atoms with Gasteiger partial charge in [-0.1, -0.05) is 25.3 Å². The SMILES string of the molecule is C=CN=C(C=C)NC(=O)CCC=CC. The molecule has 0 saturated heterocycles. The van der Waals surface area contributed by atoms with E-state index in [1.165, 1.54) is 12.3 Å². The normalized spacial score (nSPS) is 11.4. The summed E-state index contributed by atoms with van der Waals surface area (Å²) < 4.78 is 0. The Balaban J connectivity index is 3.97. The maximum absolute atomic E-state index is 11.3. The van der Waals surface area contributed by atoms with Crippen molar-refractivity contribution in [2.24, 2.45) is 4.99 Å². The standard InChI is InChI=1S/C11H16N2O/c1-4-7-8-9-11(14)13-10(5-2)12-6-3/h4-7H,2-3,8-9H2,1H3,(H,12,13,14). The van der Waals surface area contributed by atoms with E-state index in [0.29, 0.717) is 12.3 Å². The molecule has 0 aromatic heterocycles. The zero-order valence-corrected chi connectivity index (χ0v) is 8.49. The van der Waals surface area contributed by atoms with Crippen LogP contribution in [-0.4, -0.2) is 11.7 Å². The van der Waals surface area contributed by atoms with Gasteiger partial charge in [-0.25, -0.2) is 4.99 Å². The Labute approximate surface area is 84.9 Å². The van der Waals surface area contributed by atoms with Gasteiger partial charge in [0.1, 0.15) is 5.84 Å². The van der Waals surface area contributed by atoms with Crippen molar-refractivity contribution in [1.29, 1.82) is 0 Å². The second-order valence-electron chi connectivity index (χ2n) is 2.56. The minimum Gasteiger partial charge on any atom is -0.311 e. The van der Waals surface area contributed by atoms with Crippen LogP contribution in [0.2, 0.25) is 0 Å². The Morgan fingerprint density at radius 1 is 1.50 bits per heavy atom. The fourth-order valence-electron chi connectivity index (χ4n) is 0.821. The fourth-order valence-corrected chi connectivity index (χ4v) is 0.821. The van der Waals surface area contributed by atoms with Gasteiger partial charge in [-0.3, -0.25) is 4.79 Å². The lowest BCUT2D eigenvalue weighted by Gasteiger charge is -2.01. The first-order valence-corrected chi connectivity index (χ1v) is 4.46. The summed E-state index contributed by atoms with van der Waals surface area (Å²) >= 11 is 0. The largest absolute Gasteiger partial charge is 0.311 e. The van der Waals surface area contributed by atoms with Crippen LogP contribution in [0.25, 0.3) is 0 Å². The first kappa shape index (κ1) is 12.4. The predicted molar refractivity (Wildman–Crippen MR) is 60.0 cm³/mol. The molecule has 0 radical (unpaired) electrons. The maximum atomic E-state index is 11.3. The monoisotopic (exact) mass is 192 g/mol. The molecule has 3 nitrogen and oxygen atoms in total. The van der Waals surface area contributed by atoms with Crippen LogP contribution in [0.5, 0.6) is 0 Å². The highest BCUT2D eigenvalue weighted by molar-refractivity contribution is 6.04. The molecule has 14 heavy (non-hydrogen) atoms. The number of amides is 1. The quantitative estimate of drug-likeness (QED) is 0.405. The van der Waals surface area contributed by atoms with Crippen LogP contribution in [0.15, 0.2) is 42.6 Å². The Hall–Kier alpha value is -1.64. The van der Waals surface area contributed by atoms with Crippen LogP contribution in [0, 0.1) is 0 Å². The molecule has 0 aromatic carbocycles. The van der Waals surface area contributed by atoms with Gasteiger partial charge in [0.05, 0.1) is 0 Å². The molecule has 0 unspecified atom stereocenters. The molecule has 0 bridgehead atoms. The summed E-state index contributed by atoms with van der Waals surface area (Å²) in [6.45, 7) is 8.88.